The Bertz CT molecular complexity index is 904. The molecule has 0 amide bonds. The first-order chi connectivity index (χ1) is 12.7. The Hall–Kier alpha value is -3.13. The fourth-order valence-electron chi connectivity index (χ4n) is 2.93. The third kappa shape index (κ3) is 4.09. The van der Waals surface area contributed by atoms with E-state index in [1.54, 1.807) is 7.11 Å². The molecule has 0 saturated carbocycles. The van der Waals surface area contributed by atoms with Gasteiger partial charge in [-0.25, -0.2) is 0 Å². The maximum absolute atomic E-state index is 11.2. The summed E-state index contributed by atoms with van der Waals surface area (Å²) in [7, 11) is 1.68. The molecule has 2 nitrogen and oxygen atoms in total. The Morgan fingerprint density at radius 2 is 1.62 bits per heavy atom. The van der Waals surface area contributed by atoms with Gasteiger partial charge in [0.25, 0.3) is 0 Å². The van der Waals surface area contributed by atoms with Crippen LogP contribution >= 0.6 is 0 Å². The fraction of sp³-hybridized carbons (Fsp3) is 0.125. The molecule has 0 bridgehead atoms. The summed E-state index contributed by atoms with van der Waals surface area (Å²) in [5.41, 5.74) is 6.43. The van der Waals surface area contributed by atoms with E-state index in [4.69, 9.17) is 4.74 Å². The largest absolute Gasteiger partial charge is 0.497 e. The number of carbonyl (C=O) groups excluding carboxylic acids is 1. The van der Waals surface area contributed by atoms with Crippen molar-refractivity contribution in [1.29, 1.82) is 0 Å². The highest BCUT2D eigenvalue weighted by Crippen LogP contribution is 2.24. The number of allylic oxidation sites excluding steroid dienone is 2. The van der Waals surface area contributed by atoms with Gasteiger partial charge < -0.3 is 4.74 Å². The average molecular weight is 342 g/mol. The highest BCUT2D eigenvalue weighted by atomic mass is 16.5. The number of rotatable bonds is 6. The van der Waals surface area contributed by atoms with E-state index in [0.29, 0.717) is 0 Å². The van der Waals surface area contributed by atoms with Crippen molar-refractivity contribution in [3.8, 4) is 16.9 Å². The van der Waals surface area contributed by atoms with Crippen molar-refractivity contribution in [2.24, 2.45) is 0 Å². The van der Waals surface area contributed by atoms with E-state index in [0.717, 1.165) is 35.1 Å². The summed E-state index contributed by atoms with van der Waals surface area (Å²) < 4.78 is 5.20. The van der Waals surface area contributed by atoms with Crippen molar-refractivity contribution < 1.29 is 9.53 Å². The van der Waals surface area contributed by atoms with Gasteiger partial charge in [-0.05, 0) is 53.3 Å². The Kier molecular flexibility index (Phi) is 5.65. The van der Waals surface area contributed by atoms with Gasteiger partial charge in [-0.2, -0.15) is 0 Å². The van der Waals surface area contributed by atoms with E-state index in [-0.39, 0.29) is 0 Å². The molecule has 2 heteroatoms. The monoisotopic (exact) mass is 342 g/mol. The molecule has 0 unspecified atom stereocenters. The van der Waals surface area contributed by atoms with E-state index in [1.165, 1.54) is 16.7 Å². The number of methoxy groups -OCH3 is 1. The second-order valence-electron chi connectivity index (χ2n) is 6.22. The van der Waals surface area contributed by atoms with Crippen LogP contribution in [0.4, 0.5) is 0 Å². The van der Waals surface area contributed by atoms with E-state index in [9.17, 15) is 4.79 Å². The van der Waals surface area contributed by atoms with Crippen molar-refractivity contribution in [2.75, 3.05) is 7.11 Å². The molecule has 0 atom stereocenters. The van der Waals surface area contributed by atoms with Crippen molar-refractivity contribution >= 4 is 11.9 Å². The van der Waals surface area contributed by atoms with E-state index < -0.39 is 0 Å². The van der Waals surface area contributed by atoms with Gasteiger partial charge in [0.2, 0.25) is 0 Å². The molecule has 0 aliphatic rings. The molecule has 3 aromatic rings. The second kappa shape index (κ2) is 8.30. The standard InChI is InChI=1S/C24H22O2/c1-18(20-13-15-23(26-2)16-14-20)7-8-19-9-11-21(12-10-19)24-6-4-3-5-22(24)17-25/h3-7,9-17H,8H2,1-2H3. The van der Waals surface area contributed by atoms with Crippen molar-refractivity contribution in [1.82, 2.24) is 0 Å². The minimum atomic E-state index is 0.718. The molecular formula is C24H22O2. The number of aldehydes is 1. The maximum Gasteiger partial charge on any atom is 0.150 e. The molecule has 0 fully saturated rings. The maximum atomic E-state index is 11.2. The smallest absolute Gasteiger partial charge is 0.150 e. The quantitative estimate of drug-likeness (QED) is 0.528. The Balaban J connectivity index is 1.73. The van der Waals surface area contributed by atoms with Crippen LogP contribution in [0.1, 0.15) is 28.4 Å². The molecule has 0 spiro atoms. The predicted octanol–water partition coefficient (Wildman–Crippen LogP) is 5.82. The second-order valence-corrected chi connectivity index (χ2v) is 6.22. The summed E-state index contributed by atoms with van der Waals surface area (Å²) in [6, 6.07) is 24.2. The molecule has 0 aromatic heterocycles. The summed E-state index contributed by atoms with van der Waals surface area (Å²) >= 11 is 0. The first-order valence-electron chi connectivity index (χ1n) is 8.66. The number of benzene rings is 3. The van der Waals surface area contributed by atoms with Gasteiger partial charge in [0.15, 0.2) is 6.29 Å². The van der Waals surface area contributed by atoms with Crippen molar-refractivity contribution in [3.05, 3.63) is 95.6 Å². The third-order valence-electron chi connectivity index (χ3n) is 4.54. The fourth-order valence-corrected chi connectivity index (χ4v) is 2.93. The van der Waals surface area contributed by atoms with Gasteiger partial charge in [-0.15, -0.1) is 0 Å². The van der Waals surface area contributed by atoms with E-state index in [1.807, 2.05) is 36.4 Å². The number of hydrogen-bond donors (Lipinski definition) is 0. The molecule has 0 saturated heterocycles. The van der Waals surface area contributed by atoms with Gasteiger partial charge >= 0.3 is 0 Å². The molecule has 0 radical (unpaired) electrons. The zero-order chi connectivity index (χ0) is 18.4. The number of hydrogen-bond acceptors (Lipinski definition) is 2. The number of ether oxygens (including phenoxy) is 1. The van der Waals surface area contributed by atoms with Gasteiger partial charge in [0.05, 0.1) is 7.11 Å². The molecule has 3 rings (SSSR count). The zero-order valence-corrected chi connectivity index (χ0v) is 15.1. The van der Waals surface area contributed by atoms with E-state index >= 15 is 0 Å². The molecular weight excluding hydrogens is 320 g/mol. The summed E-state index contributed by atoms with van der Waals surface area (Å²) in [6.07, 6.45) is 4.01. The molecule has 0 aliphatic heterocycles. The highest BCUT2D eigenvalue weighted by Gasteiger charge is 2.03. The average Bonchev–Trinajstić information content (AvgIpc) is 2.72. The lowest BCUT2D eigenvalue weighted by molar-refractivity contribution is 0.112. The normalized spacial score (nSPS) is 11.2. The summed E-state index contributed by atoms with van der Waals surface area (Å²) in [5.74, 6) is 0.868. The molecule has 0 heterocycles. The summed E-state index contributed by atoms with van der Waals surface area (Å²) in [5, 5.41) is 0. The molecule has 26 heavy (non-hydrogen) atoms. The minimum Gasteiger partial charge on any atom is -0.497 e. The lowest BCUT2D eigenvalue weighted by Crippen LogP contribution is -1.88. The van der Waals surface area contributed by atoms with Crippen LogP contribution in [-0.2, 0) is 6.42 Å². The first kappa shape index (κ1) is 17.7. The van der Waals surface area contributed by atoms with Crippen LogP contribution in [-0.4, -0.2) is 13.4 Å². The zero-order valence-electron chi connectivity index (χ0n) is 15.1. The SMILES string of the molecule is COc1ccc(C(C)=CCc2ccc(-c3ccccc3C=O)cc2)cc1. The molecule has 0 N–H and O–H groups in total. The van der Waals surface area contributed by atoms with Crippen LogP contribution in [0.2, 0.25) is 0 Å². The van der Waals surface area contributed by atoms with Crippen molar-refractivity contribution in [3.63, 3.8) is 0 Å². The lowest BCUT2D eigenvalue weighted by Gasteiger charge is -2.07. The van der Waals surface area contributed by atoms with Crippen molar-refractivity contribution in [2.45, 2.75) is 13.3 Å². The van der Waals surface area contributed by atoms with E-state index in [2.05, 4.69) is 49.4 Å². The van der Waals surface area contributed by atoms with Crippen LogP contribution < -0.4 is 4.74 Å². The van der Waals surface area contributed by atoms with Gasteiger partial charge in [-0.1, -0.05) is 66.7 Å². The Morgan fingerprint density at radius 1 is 0.923 bits per heavy atom. The van der Waals surface area contributed by atoms with Crippen LogP contribution in [0.5, 0.6) is 5.75 Å². The summed E-state index contributed by atoms with van der Waals surface area (Å²) in [4.78, 5) is 11.2. The highest BCUT2D eigenvalue weighted by molar-refractivity contribution is 5.87. The van der Waals surface area contributed by atoms with Crippen LogP contribution in [0.3, 0.4) is 0 Å². The van der Waals surface area contributed by atoms with Crippen LogP contribution in [0.15, 0.2) is 78.9 Å². The van der Waals surface area contributed by atoms with Crippen LogP contribution in [0, 0.1) is 0 Å². The third-order valence-corrected chi connectivity index (χ3v) is 4.54. The number of carbonyl (C=O) groups is 1. The first-order valence-corrected chi connectivity index (χ1v) is 8.66. The lowest BCUT2D eigenvalue weighted by atomic mass is 9.98. The topological polar surface area (TPSA) is 26.3 Å². The Morgan fingerprint density at radius 3 is 2.27 bits per heavy atom. The molecule has 0 aliphatic carbocycles. The van der Waals surface area contributed by atoms with Crippen LogP contribution in [0.25, 0.3) is 16.7 Å². The Labute approximate surface area is 154 Å². The van der Waals surface area contributed by atoms with Gasteiger partial charge in [0.1, 0.15) is 5.75 Å². The summed E-state index contributed by atoms with van der Waals surface area (Å²) in [6.45, 7) is 2.12. The van der Waals surface area contributed by atoms with Gasteiger partial charge in [-0.3, -0.25) is 4.79 Å². The molecule has 3 aromatic carbocycles. The van der Waals surface area contributed by atoms with Gasteiger partial charge in [0, 0.05) is 5.56 Å². The predicted molar refractivity (Wildman–Crippen MR) is 108 cm³/mol. The minimum absolute atomic E-state index is 0.718. The molecule has 130 valence electrons.